The molecule has 0 spiro atoms. The van der Waals surface area contributed by atoms with Crippen LogP contribution in [0.3, 0.4) is 0 Å². The van der Waals surface area contributed by atoms with Gasteiger partial charge in [-0.15, -0.1) is 67.9 Å². The zero-order chi connectivity index (χ0) is 2.00. The molecule has 0 aromatic rings. The minimum absolute atomic E-state index is 0. The number of hydrogen-bond acceptors (Lipinski definition) is 2. The molecule has 6 heteroatoms. The van der Waals surface area contributed by atoms with E-state index in [4.69, 9.17) is 0 Å². The van der Waals surface area contributed by atoms with Crippen LogP contribution in [0.4, 0.5) is 0 Å². The summed E-state index contributed by atoms with van der Waals surface area (Å²) in [4.78, 5) is 0. The largest absolute Gasteiger partial charge is 0.274 e. The molecule has 0 bridgehead atoms. The Labute approximate surface area is 79.1 Å². The minimum Gasteiger partial charge on any atom is -0.274 e. The molecular formula is H8Br4N2. The standard InChI is InChI=1S/4BrH.H4N2/c;;;;1-2/h4*1H;1-2H2. The Morgan fingerprint density at radius 3 is 0.500 bits per heavy atom. The van der Waals surface area contributed by atoms with Crippen molar-refractivity contribution in [1.29, 1.82) is 0 Å². The van der Waals surface area contributed by atoms with Crippen molar-refractivity contribution in [3.63, 3.8) is 0 Å². The lowest BCUT2D eigenvalue weighted by Gasteiger charge is -1.27. The molecule has 0 aliphatic heterocycles. The van der Waals surface area contributed by atoms with E-state index < -0.39 is 0 Å². The molecule has 0 amide bonds. The normalized spacial score (nSPS) is 1.00. The van der Waals surface area contributed by atoms with Crippen LogP contribution >= 0.6 is 67.9 Å². The minimum atomic E-state index is 0. The summed E-state index contributed by atoms with van der Waals surface area (Å²) in [6.07, 6.45) is 0. The monoisotopic (exact) mass is 352 g/mol. The Hall–Kier alpha value is 1.84. The summed E-state index contributed by atoms with van der Waals surface area (Å²) in [6, 6.07) is 0. The van der Waals surface area contributed by atoms with E-state index in [1.165, 1.54) is 0 Å². The highest BCUT2D eigenvalue weighted by atomic mass is 79.9. The SMILES string of the molecule is Br.Br.Br.Br.NN. The van der Waals surface area contributed by atoms with Crippen LogP contribution in [0.15, 0.2) is 0 Å². The molecule has 4 N–H and O–H groups in total. The summed E-state index contributed by atoms with van der Waals surface area (Å²) in [5.74, 6) is 8.00. The van der Waals surface area contributed by atoms with E-state index >= 15 is 0 Å². The Bertz CT molecular complexity index is 5.51. The third-order valence-electron chi connectivity index (χ3n) is 0. The van der Waals surface area contributed by atoms with Crippen LogP contribution in [0.5, 0.6) is 0 Å². The van der Waals surface area contributed by atoms with Crippen LogP contribution in [0.1, 0.15) is 0 Å². The van der Waals surface area contributed by atoms with E-state index in [1.54, 1.807) is 0 Å². The fourth-order valence-electron chi connectivity index (χ4n) is 0. The molecule has 0 fully saturated rings. The van der Waals surface area contributed by atoms with Crippen molar-refractivity contribution in [2.24, 2.45) is 11.7 Å². The third kappa shape index (κ3) is 40.4. The van der Waals surface area contributed by atoms with Gasteiger partial charge in [0, 0.05) is 0 Å². The highest BCUT2D eigenvalue weighted by Gasteiger charge is 0.726. The van der Waals surface area contributed by atoms with Crippen molar-refractivity contribution in [2.45, 2.75) is 0 Å². The lowest BCUT2D eigenvalue weighted by molar-refractivity contribution is 1.26. The maximum atomic E-state index is 4.00. The molecule has 0 aliphatic rings. The average molecular weight is 356 g/mol. The lowest BCUT2D eigenvalue weighted by atomic mass is 13.0. The second-order valence-corrected chi connectivity index (χ2v) is 0. The van der Waals surface area contributed by atoms with E-state index in [0.29, 0.717) is 0 Å². The first kappa shape index (κ1) is 45.5. The number of halogens is 4. The summed E-state index contributed by atoms with van der Waals surface area (Å²) >= 11 is 0. The van der Waals surface area contributed by atoms with E-state index in [9.17, 15) is 0 Å². The zero-order valence-electron chi connectivity index (χ0n) is 2.79. The second kappa shape index (κ2) is 68.9. The van der Waals surface area contributed by atoms with Gasteiger partial charge in [0.1, 0.15) is 0 Å². The van der Waals surface area contributed by atoms with Gasteiger partial charge in [-0.1, -0.05) is 0 Å². The predicted octanol–water partition coefficient (Wildman–Crippen LogP) is 1.13. The molecule has 2 nitrogen and oxygen atoms in total. The van der Waals surface area contributed by atoms with Gasteiger partial charge in [-0.3, -0.25) is 11.7 Å². The fourth-order valence-corrected chi connectivity index (χ4v) is 0. The van der Waals surface area contributed by atoms with Gasteiger partial charge in [-0.05, 0) is 0 Å². The molecule has 0 heterocycles. The fraction of sp³-hybridized carbons (Fsp3) is 0. The third-order valence-corrected chi connectivity index (χ3v) is 0. The van der Waals surface area contributed by atoms with Gasteiger partial charge in [0.2, 0.25) is 0 Å². The van der Waals surface area contributed by atoms with Crippen molar-refractivity contribution in [3.8, 4) is 0 Å². The number of hydrazine groups is 1. The van der Waals surface area contributed by atoms with E-state index in [2.05, 4.69) is 11.7 Å². The van der Waals surface area contributed by atoms with Crippen molar-refractivity contribution >= 4 is 67.9 Å². The highest BCUT2D eigenvalue weighted by molar-refractivity contribution is 8.93. The first-order valence-corrected chi connectivity index (χ1v) is 0.333. The number of hydrogen-bond donors (Lipinski definition) is 2. The molecule has 46 valence electrons. The zero-order valence-corrected chi connectivity index (χ0v) is 9.64. The number of rotatable bonds is 0. The Kier molecular flexibility index (Phi) is 522. The van der Waals surface area contributed by atoms with E-state index in [0.717, 1.165) is 0 Å². The maximum Gasteiger partial charge on any atom is -0.114 e. The van der Waals surface area contributed by atoms with E-state index in [-0.39, 0.29) is 67.9 Å². The lowest BCUT2D eigenvalue weighted by Crippen LogP contribution is -2.02. The van der Waals surface area contributed by atoms with Gasteiger partial charge in [-0.2, -0.15) is 0 Å². The summed E-state index contributed by atoms with van der Waals surface area (Å²) in [5, 5.41) is 0. The van der Waals surface area contributed by atoms with Crippen molar-refractivity contribution < 1.29 is 0 Å². The van der Waals surface area contributed by atoms with Crippen LogP contribution in [-0.4, -0.2) is 0 Å². The molecule has 0 radical (unpaired) electrons. The Morgan fingerprint density at radius 1 is 0.500 bits per heavy atom. The molecule has 0 aliphatic carbocycles. The van der Waals surface area contributed by atoms with E-state index in [1.807, 2.05) is 0 Å². The molecule has 6 heavy (non-hydrogen) atoms. The van der Waals surface area contributed by atoms with Gasteiger partial charge in [0.05, 0.1) is 0 Å². The second-order valence-electron chi connectivity index (χ2n) is 0. The van der Waals surface area contributed by atoms with Crippen LogP contribution < -0.4 is 11.7 Å². The quantitative estimate of drug-likeness (QED) is 0.505. The molecule has 0 saturated heterocycles. The average Bonchev–Trinajstić information content (AvgIpc) is 1.00. The Morgan fingerprint density at radius 2 is 0.500 bits per heavy atom. The summed E-state index contributed by atoms with van der Waals surface area (Å²) in [6.45, 7) is 0. The van der Waals surface area contributed by atoms with Crippen LogP contribution in [0, 0.1) is 0 Å². The molecule has 0 unspecified atom stereocenters. The van der Waals surface area contributed by atoms with Crippen molar-refractivity contribution in [1.82, 2.24) is 0 Å². The predicted molar refractivity (Wildman–Crippen MR) is 49.7 cm³/mol. The smallest absolute Gasteiger partial charge is 0.114 e. The van der Waals surface area contributed by atoms with Crippen molar-refractivity contribution in [3.05, 3.63) is 0 Å². The van der Waals surface area contributed by atoms with Gasteiger partial charge < -0.3 is 0 Å². The molecule has 0 aromatic carbocycles. The summed E-state index contributed by atoms with van der Waals surface area (Å²) in [5.41, 5.74) is 0. The molecule has 0 atom stereocenters. The molecular weight excluding hydrogens is 348 g/mol. The topological polar surface area (TPSA) is 52.0 Å². The van der Waals surface area contributed by atoms with Gasteiger partial charge in [-0.25, -0.2) is 0 Å². The Balaban J connectivity index is -0.000000000833. The summed E-state index contributed by atoms with van der Waals surface area (Å²) in [7, 11) is 0. The van der Waals surface area contributed by atoms with Gasteiger partial charge in [0.15, 0.2) is 0 Å². The van der Waals surface area contributed by atoms with Gasteiger partial charge in [0.25, 0.3) is 0 Å². The first-order chi connectivity index (χ1) is 1.00. The number of nitrogens with two attached hydrogens (primary N) is 2. The first-order valence-electron chi connectivity index (χ1n) is 0.333. The molecule has 0 rings (SSSR count). The maximum absolute atomic E-state index is 4.00. The van der Waals surface area contributed by atoms with Crippen LogP contribution in [-0.2, 0) is 0 Å². The summed E-state index contributed by atoms with van der Waals surface area (Å²) < 4.78 is 0. The van der Waals surface area contributed by atoms with Crippen LogP contribution in [0.2, 0.25) is 0 Å². The van der Waals surface area contributed by atoms with Gasteiger partial charge >= 0.3 is 0 Å². The highest BCUT2D eigenvalue weighted by Crippen LogP contribution is 0.849. The van der Waals surface area contributed by atoms with Crippen molar-refractivity contribution in [2.75, 3.05) is 0 Å². The van der Waals surface area contributed by atoms with Crippen LogP contribution in [0.25, 0.3) is 0 Å². The molecule has 0 aromatic heterocycles. The molecule has 0 saturated carbocycles.